The van der Waals surface area contributed by atoms with E-state index >= 15 is 0 Å². The number of anilines is 2. The molecule has 0 atom stereocenters. The van der Waals surface area contributed by atoms with E-state index in [1.54, 1.807) is 24.3 Å². The van der Waals surface area contributed by atoms with Gasteiger partial charge in [0.05, 0.1) is 12.2 Å². The molecule has 0 aliphatic carbocycles. The molecular weight excluding hydrogens is 320 g/mol. The number of aryl methyl sites for hydroxylation is 1. The van der Waals surface area contributed by atoms with Gasteiger partial charge in [-0.15, -0.1) is 0 Å². The van der Waals surface area contributed by atoms with Crippen molar-refractivity contribution in [1.29, 1.82) is 0 Å². The molecule has 0 heterocycles. The number of hydrogen-bond acceptors (Lipinski definition) is 3. The molecule has 2 N–H and O–H groups in total. The second-order valence-electron chi connectivity index (χ2n) is 5.54. The van der Waals surface area contributed by atoms with E-state index in [-0.39, 0.29) is 5.97 Å². The highest BCUT2D eigenvalue weighted by Gasteiger charge is 2.07. The van der Waals surface area contributed by atoms with Crippen LogP contribution in [0.25, 0.3) is 0 Å². The summed E-state index contributed by atoms with van der Waals surface area (Å²) in [6.07, 6.45) is 0.809. The van der Waals surface area contributed by atoms with Crippen molar-refractivity contribution in [3.63, 3.8) is 0 Å². The summed E-state index contributed by atoms with van der Waals surface area (Å²) >= 11 is 5.35. The zero-order chi connectivity index (χ0) is 17.5. The Labute approximate surface area is 148 Å². The van der Waals surface area contributed by atoms with E-state index in [4.69, 9.17) is 17.0 Å². The third-order valence-electron chi connectivity index (χ3n) is 3.67. The molecule has 0 bridgehead atoms. The second kappa shape index (κ2) is 8.45. The fourth-order valence-electron chi connectivity index (χ4n) is 2.14. The lowest BCUT2D eigenvalue weighted by molar-refractivity contribution is 0.0505. The average Bonchev–Trinajstić information content (AvgIpc) is 2.57. The predicted octanol–water partition coefficient (Wildman–Crippen LogP) is 4.68. The van der Waals surface area contributed by atoms with Crippen LogP contribution in [-0.2, 0) is 4.74 Å². The Morgan fingerprint density at radius 3 is 2.46 bits per heavy atom. The maximum atomic E-state index is 11.8. The molecule has 0 aliphatic rings. The van der Waals surface area contributed by atoms with Crippen molar-refractivity contribution in [3.05, 3.63) is 59.2 Å². The Morgan fingerprint density at radius 2 is 1.79 bits per heavy atom. The minimum absolute atomic E-state index is 0.306. The summed E-state index contributed by atoms with van der Waals surface area (Å²) in [5.74, 6) is -0.306. The molecule has 0 radical (unpaired) electrons. The molecule has 2 aromatic rings. The van der Waals surface area contributed by atoms with E-state index in [0.717, 1.165) is 23.4 Å². The maximum Gasteiger partial charge on any atom is 0.338 e. The number of ether oxygens (including phenoxy) is 1. The van der Waals surface area contributed by atoms with Gasteiger partial charge in [0.2, 0.25) is 0 Å². The van der Waals surface area contributed by atoms with Crippen LogP contribution in [0.1, 0.15) is 34.8 Å². The summed E-state index contributed by atoms with van der Waals surface area (Å²) in [5, 5.41) is 6.81. The van der Waals surface area contributed by atoms with E-state index in [9.17, 15) is 4.79 Å². The maximum absolute atomic E-state index is 11.8. The van der Waals surface area contributed by atoms with Gasteiger partial charge in [0, 0.05) is 11.4 Å². The molecule has 0 spiro atoms. The minimum Gasteiger partial charge on any atom is -0.462 e. The number of rotatable bonds is 5. The summed E-state index contributed by atoms with van der Waals surface area (Å²) in [7, 11) is 0. The zero-order valence-corrected chi connectivity index (χ0v) is 15.0. The molecule has 2 aromatic carbocycles. The fourth-order valence-corrected chi connectivity index (χ4v) is 2.37. The predicted molar refractivity (Wildman–Crippen MR) is 103 cm³/mol. The van der Waals surface area contributed by atoms with Gasteiger partial charge in [-0.1, -0.05) is 19.1 Å². The number of carbonyl (C=O) groups is 1. The van der Waals surface area contributed by atoms with Crippen LogP contribution in [0.2, 0.25) is 0 Å². The molecule has 0 saturated carbocycles. The molecule has 5 heteroatoms. The Kier molecular flexibility index (Phi) is 6.32. The van der Waals surface area contributed by atoms with Crippen LogP contribution in [0.15, 0.2) is 42.5 Å². The summed E-state index contributed by atoms with van der Waals surface area (Å²) in [6.45, 7) is 6.51. The van der Waals surface area contributed by atoms with E-state index < -0.39 is 0 Å². The quantitative estimate of drug-likeness (QED) is 0.610. The monoisotopic (exact) mass is 342 g/mol. The van der Waals surface area contributed by atoms with Crippen molar-refractivity contribution < 1.29 is 9.53 Å². The largest absolute Gasteiger partial charge is 0.462 e. The lowest BCUT2D eigenvalue weighted by atomic mass is 10.1. The third kappa shape index (κ3) is 4.80. The smallest absolute Gasteiger partial charge is 0.338 e. The van der Waals surface area contributed by atoms with Gasteiger partial charge < -0.3 is 15.4 Å². The summed E-state index contributed by atoms with van der Waals surface area (Å²) in [5.41, 5.74) is 4.69. The molecule has 0 aliphatic heterocycles. The van der Waals surface area contributed by atoms with E-state index in [1.807, 2.05) is 19.1 Å². The van der Waals surface area contributed by atoms with Gasteiger partial charge in [0.15, 0.2) is 5.11 Å². The molecule has 0 unspecified atom stereocenters. The molecule has 24 heavy (non-hydrogen) atoms. The number of carbonyl (C=O) groups excluding carboxylic acids is 1. The van der Waals surface area contributed by atoms with Crippen LogP contribution in [0.5, 0.6) is 0 Å². The number of hydrogen-bond donors (Lipinski definition) is 2. The molecule has 0 saturated heterocycles. The normalized spacial score (nSPS) is 10.1. The van der Waals surface area contributed by atoms with Crippen molar-refractivity contribution in [2.75, 3.05) is 17.2 Å². The molecule has 4 nitrogen and oxygen atoms in total. The van der Waals surface area contributed by atoms with Crippen molar-refractivity contribution >= 4 is 34.7 Å². The van der Waals surface area contributed by atoms with Gasteiger partial charge in [-0.3, -0.25) is 0 Å². The lowest BCUT2D eigenvalue weighted by Gasteiger charge is -2.14. The van der Waals surface area contributed by atoms with Crippen LogP contribution in [0.3, 0.4) is 0 Å². The Bertz CT molecular complexity index is 727. The molecule has 0 amide bonds. The van der Waals surface area contributed by atoms with E-state index in [0.29, 0.717) is 17.3 Å². The highest BCUT2D eigenvalue weighted by Crippen LogP contribution is 2.18. The third-order valence-corrected chi connectivity index (χ3v) is 3.87. The first-order valence-electron chi connectivity index (χ1n) is 7.92. The Morgan fingerprint density at radius 1 is 1.08 bits per heavy atom. The average molecular weight is 342 g/mol. The zero-order valence-electron chi connectivity index (χ0n) is 14.2. The van der Waals surface area contributed by atoms with Crippen LogP contribution < -0.4 is 10.6 Å². The van der Waals surface area contributed by atoms with Crippen molar-refractivity contribution in [3.8, 4) is 0 Å². The minimum atomic E-state index is -0.306. The van der Waals surface area contributed by atoms with Gasteiger partial charge in [0.25, 0.3) is 0 Å². The summed E-state index contributed by atoms with van der Waals surface area (Å²) in [6, 6.07) is 13.1. The van der Waals surface area contributed by atoms with Gasteiger partial charge in [0.1, 0.15) is 0 Å². The molecule has 126 valence electrons. The van der Waals surface area contributed by atoms with Crippen LogP contribution in [0.4, 0.5) is 11.4 Å². The van der Waals surface area contributed by atoms with E-state index in [2.05, 4.69) is 30.5 Å². The van der Waals surface area contributed by atoms with Crippen LogP contribution >= 0.6 is 12.2 Å². The fraction of sp³-hybridized carbons (Fsp3) is 0.263. The van der Waals surface area contributed by atoms with Gasteiger partial charge in [-0.05, 0) is 73.9 Å². The van der Waals surface area contributed by atoms with E-state index in [1.165, 1.54) is 5.56 Å². The number of nitrogens with one attached hydrogen (secondary N) is 2. The molecule has 0 aromatic heterocycles. The Balaban J connectivity index is 1.97. The van der Waals surface area contributed by atoms with Gasteiger partial charge in [-0.2, -0.15) is 0 Å². The first-order chi connectivity index (χ1) is 11.5. The van der Waals surface area contributed by atoms with Gasteiger partial charge in [-0.25, -0.2) is 4.79 Å². The molecule has 2 rings (SSSR count). The van der Waals surface area contributed by atoms with Crippen molar-refractivity contribution in [1.82, 2.24) is 0 Å². The first-order valence-corrected chi connectivity index (χ1v) is 8.33. The molecular formula is C19H22N2O2S. The Hall–Kier alpha value is -2.40. The SMILES string of the molecule is CCCOC(=O)c1ccc(NC(=S)Nc2cccc(C)c2C)cc1. The van der Waals surface area contributed by atoms with Crippen LogP contribution in [-0.4, -0.2) is 17.7 Å². The van der Waals surface area contributed by atoms with Crippen LogP contribution in [0, 0.1) is 13.8 Å². The number of thiocarbonyl (C=S) groups is 1. The first kappa shape index (κ1) is 17.9. The van der Waals surface area contributed by atoms with Crippen molar-refractivity contribution in [2.45, 2.75) is 27.2 Å². The summed E-state index contributed by atoms with van der Waals surface area (Å²) in [4.78, 5) is 11.8. The van der Waals surface area contributed by atoms with Crippen molar-refractivity contribution in [2.24, 2.45) is 0 Å². The topological polar surface area (TPSA) is 50.4 Å². The van der Waals surface area contributed by atoms with Gasteiger partial charge >= 0.3 is 5.97 Å². The lowest BCUT2D eigenvalue weighted by Crippen LogP contribution is -2.19. The summed E-state index contributed by atoms with van der Waals surface area (Å²) < 4.78 is 5.10. The number of esters is 1. The number of benzene rings is 2. The highest BCUT2D eigenvalue weighted by atomic mass is 32.1. The molecule has 0 fully saturated rings. The standard InChI is InChI=1S/C19H22N2O2S/c1-4-12-23-18(22)15-8-10-16(11-9-15)20-19(24)21-17-7-5-6-13(2)14(17)3/h5-11H,4,12H2,1-3H3,(H2,20,21,24). The highest BCUT2D eigenvalue weighted by molar-refractivity contribution is 7.80. The second-order valence-corrected chi connectivity index (χ2v) is 5.95.